The summed E-state index contributed by atoms with van der Waals surface area (Å²) in [4.78, 5) is 4.50. The molecule has 0 spiro atoms. The smallest absolute Gasteiger partial charge is 0.191 e. The maximum Gasteiger partial charge on any atom is 0.191 e. The molecular weight excluding hydrogens is 274 g/mol. The van der Waals surface area contributed by atoms with Crippen LogP contribution in [0.3, 0.4) is 0 Å². The second-order valence-corrected chi connectivity index (χ2v) is 6.16. The Kier molecular flexibility index (Phi) is 9.05. The van der Waals surface area contributed by atoms with Crippen molar-refractivity contribution in [3.8, 4) is 0 Å². The van der Waals surface area contributed by atoms with Gasteiger partial charge in [0.05, 0.1) is 12.1 Å². The van der Waals surface area contributed by atoms with E-state index < -0.39 is 5.60 Å². The maximum absolute atomic E-state index is 10.3. The number of hydrogen-bond acceptors (Lipinski definition) is 4. The third-order valence-electron chi connectivity index (χ3n) is 3.17. The number of aliphatic hydroxyl groups is 1. The molecule has 0 amide bonds. The van der Waals surface area contributed by atoms with E-state index in [1.165, 1.54) is 0 Å². The molecule has 0 aromatic rings. The average molecular weight is 303 g/mol. The Morgan fingerprint density at radius 2 is 2.20 bits per heavy atom. The van der Waals surface area contributed by atoms with Crippen LogP contribution in [0.15, 0.2) is 4.99 Å². The molecule has 0 bridgehead atoms. The summed E-state index contributed by atoms with van der Waals surface area (Å²) in [6.45, 7) is 7.86. The standard InChI is InChI=1S/C14H29N3O2S/c1-3-15-13(16-8-5-6-9-19-4-2)17-11-14(18)7-10-20-12-14/h18H,3-12H2,1-2H3,(H2,15,16,17). The van der Waals surface area contributed by atoms with Gasteiger partial charge in [-0.25, -0.2) is 0 Å². The van der Waals surface area contributed by atoms with Gasteiger partial charge in [-0.1, -0.05) is 0 Å². The minimum Gasteiger partial charge on any atom is -0.387 e. The fourth-order valence-electron chi connectivity index (χ4n) is 1.97. The lowest BCUT2D eigenvalue weighted by Crippen LogP contribution is -2.40. The summed E-state index contributed by atoms with van der Waals surface area (Å²) in [6, 6.07) is 0. The number of ether oxygens (including phenoxy) is 1. The zero-order valence-corrected chi connectivity index (χ0v) is 13.6. The molecule has 1 rings (SSSR count). The molecule has 0 aromatic heterocycles. The quantitative estimate of drug-likeness (QED) is 0.340. The summed E-state index contributed by atoms with van der Waals surface area (Å²) in [6.07, 6.45) is 2.96. The van der Waals surface area contributed by atoms with Crippen LogP contribution < -0.4 is 10.6 Å². The van der Waals surface area contributed by atoms with Gasteiger partial charge in [0.1, 0.15) is 0 Å². The highest BCUT2D eigenvalue weighted by Gasteiger charge is 2.31. The van der Waals surface area contributed by atoms with Crippen LogP contribution in [0.4, 0.5) is 0 Å². The average Bonchev–Trinajstić information content (AvgIpc) is 2.87. The third kappa shape index (κ3) is 7.36. The third-order valence-corrected chi connectivity index (χ3v) is 4.40. The van der Waals surface area contributed by atoms with Crippen LogP contribution in [0.25, 0.3) is 0 Å². The highest BCUT2D eigenvalue weighted by Crippen LogP contribution is 2.27. The first-order chi connectivity index (χ1) is 9.70. The summed E-state index contributed by atoms with van der Waals surface area (Å²) in [7, 11) is 0. The summed E-state index contributed by atoms with van der Waals surface area (Å²) < 4.78 is 5.31. The highest BCUT2D eigenvalue weighted by atomic mass is 32.2. The van der Waals surface area contributed by atoms with Gasteiger partial charge in [0.2, 0.25) is 0 Å². The Morgan fingerprint density at radius 3 is 2.85 bits per heavy atom. The molecule has 1 aliphatic rings. The molecule has 6 heteroatoms. The van der Waals surface area contributed by atoms with Gasteiger partial charge >= 0.3 is 0 Å². The lowest BCUT2D eigenvalue weighted by Gasteiger charge is -2.19. The van der Waals surface area contributed by atoms with Crippen LogP contribution in [-0.2, 0) is 4.74 Å². The van der Waals surface area contributed by atoms with Crippen molar-refractivity contribution in [1.29, 1.82) is 0 Å². The van der Waals surface area contributed by atoms with E-state index in [0.717, 1.165) is 63.0 Å². The fourth-order valence-corrected chi connectivity index (χ4v) is 3.25. The fraction of sp³-hybridized carbons (Fsp3) is 0.929. The van der Waals surface area contributed by atoms with Crippen molar-refractivity contribution in [2.75, 3.05) is 44.4 Å². The van der Waals surface area contributed by atoms with Crippen LogP contribution in [0.1, 0.15) is 33.1 Å². The molecule has 0 aliphatic carbocycles. The molecule has 3 N–H and O–H groups in total. The van der Waals surface area contributed by atoms with Gasteiger partial charge in [-0.2, -0.15) is 11.8 Å². The summed E-state index contributed by atoms with van der Waals surface area (Å²) in [5.41, 5.74) is -0.609. The van der Waals surface area contributed by atoms with Crippen LogP contribution in [-0.4, -0.2) is 61.0 Å². The van der Waals surface area contributed by atoms with Gasteiger partial charge < -0.3 is 20.5 Å². The van der Waals surface area contributed by atoms with E-state index in [0.29, 0.717) is 6.54 Å². The number of nitrogens with one attached hydrogen (secondary N) is 2. The molecule has 0 radical (unpaired) electrons. The number of nitrogens with zero attached hydrogens (tertiary/aromatic N) is 1. The zero-order chi connectivity index (χ0) is 14.7. The molecule has 5 nitrogen and oxygen atoms in total. The molecular formula is C14H29N3O2S. The van der Waals surface area contributed by atoms with Gasteiger partial charge in [0.15, 0.2) is 5.96 Å². The van der Waals surface area contributed by atoms with E-state index in [1.807, 2.05) is 13.8 Å². The molecule has 1 heterocycles. The molecule has 20 heavy (non-hydrogen) atoms. The van der Waals surface area contributed by atoms with Crippen LogP contribution in [0.2, 0.25) is 0 Å². The predicted octanol–water partition coefficient (Wildman–Crippen LogP) is 1.23. The van der Waals surface area contributed by atoms with Crippen molar-refractivity contribution in [2.24, 2.45) is 4.99 Å². The first kappa shape index (κ1) is 17.6. The normalized spacial score (nSPS) is 23.1. The van der Waals surface area contributed by atoms with Crippen molar-refractivity contribution >= 4 is 17.7 Å². The van der Waals surface area contributed by atoms with Crippen molar-refractivity contribution in [3.63, 3.8) is 0 Å². The summed E-state index contributed by atoms with van der Waals surface area (Å²) in [5, 5.41) is 16.8. The molecule has 118 valence electrons. The van der Waals surface area contributed by atoms with Crippen molar-refractivity contribution in [1.82, 2.24) is 10.6 Å². The number of thioether (sulfide) groups is 1. The lowest BCUT2D eigenvalue weighted by atomic mass is 10.1. The van der Waals surface area contributed by atoms with Gasteiger partial charge in [0.25, 0.3) is 0 Å². The predicted molar refractivity (Wildman–Crippen MR) is 86.6 cm³/mol. The van der Waals surface area contributed by atoms with Crippen LogP contribution in [0.5, 0.6) is 0 Å². The Balaban J connectivity index is 2.24. The number of aliphatic imine (C=N–C) groups is 1. The van der Waals surface area contributed by atoms with E-state index in [1.54, 1.807) is 11.8 Å². The summed E-state index contributed by atoms with van der Waals surface area (Å²) >= 11 is 1.80. The molecule has 0 aromatic carbocycles. The molecule has 1 saturated heterocycles. The number of hydrogen-bond donors (Lipinski definition) is 3. The molecule has 1 atom stereocenters. The topological polar surface area (TPSA) is 65.9 Å². The molecule has 0 saturated carbocycles. The second-order valence-electron chi connectivity index (χ2n) is 5.05. The Morgan fingerprint density at radius 1 is 1.35 bits per heavy atom. The second kappa shape index (κ2) is 10.3. The highest BCUT2D eigenvalue weighted by molar-refractivity contribution is 7.99. The van der Waals surface area contributed by atoms with Gasteiger partial charge in [0, 0.05) is 32.1 Å². The first-order valence-corrected chi connectivity index (χ1v) is 8.75. The van der Waals surface area contributed by atoms with E-state index >= 15 is 0 Å². The number of guanidine groups is 1. The Labute approximate surface area is 127 Å². The van der Waals surface area contributed by atoms with Crippen molar-refractivity contribution < 1.29 is 9.84 Å². The Bertz CT molecular complexity index is 282. The van der Waals surface area contributed by atoms with Crippen LogP contribution in [0, 0.1) is 0 Å². The molecule has 1 unspecified atom stereocenters. The monoisotopic (exact) mass is 303 g/mol. The molecule has 1 fully saturated rings. The van der Waals surface area contributed by atoms with Gasteiger partial charge in [-0.05, 0) is 38.9 Å². The SMILES string of the molecule is CCNC(=NCC1(O)CCSC1)NCCCCOCC. The molecule has 1 aliphatic heterocycles. The minimum atomic E-state index is -0.609. The van der Waals surface area contributed by atoms with E-state index in [9.17, 15) is 5.11 Å². The Hall–Kier alpha value is -0.460. The number of unbranched alkanes of at least 4 members (excludes halogenated alkanes) is 1. The van der Waals surface area contributed by atoms with Crippen molar-refractivity contribution in [3.05, 3.63) is 0 Å². The first-order valence-electron chi connectivity index (χ1n) is 7.60. The maximum atomic E-state index is 10.3. The summed E-state index contributed by atoms with van der Waals surface area (Å²) in [5.74, 6) is 2.63. The van der Waals surface area contributed by atoms with Gasteiger partial charge in [-0.3, -0.25) is 4.99 Å². The van der Waals surface area contributed by atoms with Crippen molar-refractivity contribution in [2.45, 2.75) is 38.7 Å². The van der Waals surface area contributed by atoms with Crippen LogP contribution >= 0.6 is 11.8 Å². The van der Waals surface area contributed by atoms with Gasteiger partial charge in [-0.15, -0.1) is 0 Å². The van der Waals surface area contributed by atoms with E-state index in [-0.39, 0.29) is 0 Å². The minimum absolute atomic E-state index is 0.480. The lowest BCUT2D eigenvalue weighted by molar-refractivity contribution is 0.0778. The number of rotatable bonds is 9. The largest absolute Gasteiger partial charge is 0.387 e. The zero-order valence-electron chi connectivity index (χ0n) is 12.8. The van der Waals surface area contributed by atoms with E-state index in [4.69, 9.17) is 4.74 Å². The van der Waals surface area contributed by atoms with E-state index in [2.05, 4.69) is 15.6 Å².